The van der Waals surface area contributed by atoms with E-state index in [2.05, 4.69) is 55.7 Å². The summed E-state index contributed by atoms with van der Waals surface area (Å²) in [4.78, 5) is 11.8. The van der Waals surface area contributed by atoms with Gasteiger partial charge >= 0.3 is 0 Å². The lowest BCUT2D eigenvalue weighted by atomic mass is 10.0. The number of benzene rings is 1. The Kier molecular flexibility index (Phi) is 7.31. The Morgan fingerprint density at radius 2 is 2.05 bits per heavy atom. The van der Waals surface area contributed by atoms with Gasteiger partial charge in [-0.2, -0.15) is 0 Å². The van der Waals surface area contributed by atoms with Crippen molar-refractivity contribution in [2.45, 2.75) is 59.0 Å². The van der Waals surface area contributed by atoms with Crippen LogP contribution in [0.4, 0.5) is 0 Å². The van der Waals surface area contributed by atoms with Gasteiger partial charge in [-0.1, -0.05) is 36.8 Å². The molecule has 3 heteroatoms. The fraction of sp³-hybridized carbons (Fsp3) is 0.588. The molecule has 0 aromatic heterocycles. The van der Waals surface area contributed by atoms with Gasteiger partial charge in [-0.15, -0.1) is 0 Å². The second-order valence-corrected chi connectivity index (χ2v) is 5.61. The zero-order valence-electron chi connectivity index (χ0n) is 13.2. The minimum atomic E-state index is -0.131. The lowest BCUT2D eigenvalue weighted by Gasteiger charge is -2.19. The van der Waals surface area contributed by atoms with Crippen LogP contribution in [0.3, 0.4) is 0 Å². The number of rotatable bonds is 8. The molecule has 0 saturated carbocycles. The molecule has 2 unspecified atom stereocenters. The van der Waals surface area contributed by atoms with Gasteiger partial charge in [-0.25, -0.2) is 0 Å². The Balaban J connectivity index is 2.32. The monoisotopic (exact) mass is 276 g/mol. The molecule has 112 valence electrons. The van der Waals surface area contributed by atoms with Crippen LogP contribution >= 0.6 is 0 Å². The standard InChI is InChI=1S/C17H28N2O/c1-5-11-18-17(20)15(4)19-14(3)9-10-16-8-6-7-13(2)12-16/h6-8,12,14-15,19H,5,9-11H2,1-4H3,(H,18,20). The molecule has 0 bridgehead atoms. The number of hydrogen-bond donors (Lipinski definition) is 2. The molecule has 0 saturated heterocycles. The molecule has 1 rings (SSSR count). The number of nitrogens with one attached hydrogen (secondary N) is 2. The van der Waals surface area contributed by atoms with E-state index >= 15 is 0 Å². The third kappa shape index (κ3) is 6.20. The van der Waals surface area contributed by atoms with Gasteiger partial charge in [0.05, 0.1) is 6.04 Å². The van der Waals surface area contributed by atoms with Crippen molar-refractivity contribution < 1.29 is 4.79 Å². The lowest BCUT2D eigenvalue weighted by Crippen LogP contribution is -2.46. The molecule has 0 aliphatic heterocycles. The van der Waals surface area contributed by atoms with Gasteiger partial charge in [0.2, 0.25) is 5.91 Å². The van der Waals surface area contributed by atoms with E-state index in [0.717, 1.165) is 25.8 Å². The summed E-state index contributed by atoms with van der Waals surface area (Å²) in [6, 6.07) is 8.81. The van der Waals surface area contributed by atoms with Gasteiger partial charge in [-0.05, 0) is 45.6 Å². The third-order valence-corrected chi connectivity index (χ3v) is 3.43. The zero-order valence-corrected chi connectivity index (χ0v) is 13.2. The topological polar surface area (TPSA) is 41.1 Å². The fourth-order valence-corrected chi connectivity index (χ4v) is 2.24. The minimum Gasteiger partial charge on any atom is -0.355 e. The second-order valence-electron chi connectivity index (χ2n) is 5.61. The van der Waals surface area contributed by atoms with E-state index in [1.54, 1.807) is 0 Å². The molecule has 2 N–H and O–H groups in total. The Morgan fingerprint density at radius 1 is 1.30 bits per heavy atom. The largest absolute Gasteiger partial charge is 0.355 e. The Bertz CT molecular complexity index is 417. The van der Waals surface area contributed by atoms with Crippen molar-refractivity contribution in [3.63, 3.8) is 0 Å². The molecular formula is C17H28N2O. The second kappa shape index (κ2) is 8.75. The number of hydrogen-bond acceptors (Lipinski definition) is 2. The van der Waals surface area contributed by atoms with Crippen LogP contribution in [0.25, 0.3) is 0 Å². The van der Waals surface area contributed by atoms with Crippen LogP contribution in [0.15, 0.2) is 24.3 Å². The molecule has 3 nitrogen and oxygen atoms in total. The first-order valence-electron chi connectivity index (χ1n) is 7.62. The quantitative estimate of drug-likeness (QED) is 0.766. The van der Waals surface area contributed by atoms with Crippen LogP contribution in [-0.2, 0) is 11.2 Å². The highest BCUT2D eigenvalue weighted by molar-refractivity contribution is 5.81. The van der Waals surface area contributed by atoms with Gasteiger partial charge in [0.1, 0.15) is 0 Å². The van der Waals surface area contributed by atoms with E-state index < -0.39 is 0 Å². The zero-order chi connectivity index (χ0) is 15.0. The summed E-state index contributed by atoms with van der Waals surface area (Å²) < 4.78 is 0. The average Bonchev–Trinajstić information content (AvgIpc) is 2.42. The van der Waals surface area contributed by atoms with E-state index in [0.29, 0.717) is 6.04 Å². The molecule has 1 aromatic rings. The molecule has 20 heavy (non-hydrogen) atoms. The molecular weight excluding hydrogens is 248 g/mol. The molecule has 0 aliphatic rings. The summed E-state index contributed by atoms with van der Waals surface area (Å²) in [6.07, 6.45) is 3.05. The maximum absolute atomic E-state index is 11.8. The number of amides is 1. The van der Waals surface area contributed by atoms with E-state index in [9.17, 15) is 4.79 Å². The number of carbonyl (C=O) groups excluding carboxylic acids is 1. The Labute approximate surface area is 123 Å². The van der Waals surface area contributed by atoms with Crippen LogP contribution in [0.5, 0.6) is 0 Å². The highest BCUT2D eigenvalue weighted by atomic mass is 16.2. The minimum absolute atomic E-state index is 0.0919. The van der Waals surface area contributed by atoms with Gasteiger partial charge in [0, 0.05) is 12.6 Å². The van der Waals surface area contributed by atoms with Crippen LogP contribution in [-0.4, -0.2) is 24.5 Å². The van der Waals surface area contributed by atoms with Gasteiger partial charge in [-0.3, -0.25) is 4.79 Å². The van der Waals surface area contributed by atoms with E-state index in [1.165, 1.54) is 11.1 Å². The summed E-state index contributed by atoms with van der Waals surface area (Å²) in [5, 5.41) is 6.28. The smallest absolute Gasteiger partial charge is 0.236 e. The highest BCUT2D eigenvalue weighted by Crippen LogP contribution is 2.08. The highest BCUT2D eigenvalue weighted by Gasteiger charge is 2.14. The average molecular weight is 276 g/mol. The van der Waals surface area contributed by atoms with Crippen LogP contribution in [0.2, 0.25) is 0 Å². The SMILES string of the molecule is CCCNC(=O)C(C)NC(C)CCc1cccc(C)c1. The normalized spacial score (nSPS) is 13.8. The van der Waals surface area contributed by atoms with Crippen LogP contribution in [0.1, 0.15) is 44.7 Å². The van der Waals surface area contributed by atoms with Crippen molar-refractivity contribution >= 4 is 5.91 Å². The predicted octanol–water partition coefficient (Wildman–Crippen LogP) is 2.82. The van der Waals surface area contributed by atoms with Crippen molar-refractivity contribution in [3.8, 4) is 0 Å². The maximum atomic E-state index is 11.8. The van der Waals surface area contributed by atoms with Crippen LogP contribution in [0, 0.1) is 6.92 Å². The Morgan fingerprint density at radius 3 is 2.70 bits per heavy atom. The predicted molar refractivity (Wildman–Crippen MR) is 84.9 cm³/mol. The summed E-state index contributed by atoms with van der Waals surface area (Å²) in [6.45, 7) is 8.99. The van der Waals surface area contributed by atoms with E-state index in [1.807, 2.05) is 6.92 Å². The molecule has 2 atom stereocenters. The van der Waals surface area contributed by atoms with E-state index in [4.69, 9.17) is 0 Å². The first-order valence-corrected chi connectivity index (χ1v) is 7.62. The number of aryl methyl sites for hydroxylation is 2. The summed E-state index contributed by atoms with van der Waals surface area (Å²) >= 11 is 0. The van der Waals surface area contributed by atoms with Crippen molar-refractivity contribution in [3.05, 3.63) is 35.4 Å². The van der Waals surface area contributed by atoms with Gasteiger partial charge in [0.15, 0.2) is 0 Å². The fourth-order valence-electron chi connectivity index (χ4n) is 2.24. The van der Waals surface area contributed by atoms with Crippen molar-refractivity contribution in [1.82, 2.24) is 10.6 Å². The molecule has 0 fully saturated rings. The molecule has 1 aromatic carbocycles. The van der Waals surface area contributed by atoms with Crippen molar-refractivity contribution in [2.24, 2.45) is 0 Å². The lowest BCUT2D eigenvalue weighted by molar-refractivity contribution is -0.122. The maximum Gasteiger partial charge on any atom is 0.236 e. The molecule has 0 aliphatic carbocycles. The molecule has 0 radical (unpaired) electrons. The first-order chi connectivity index (χ1) is 9.52. The van der Waals surface area contributed by atoms with Crippen molar-refractivity contribution in [1.29, 1.82) is 0 Å². The third-order valence-electron chi connectivity index (χ3n) is 3.43. The van der Waals surface area contributed by atoms with Crippen LogP contribution < -0.4 is 10.6 Å². The summed E-state index contributed by atoms with van der Waals surface area (Å²) in [5.41, 5.74) is 2.66. The summed E-state index contributed by atoms with van der Waals surface area (Å²) in [7, 11) is 0. The summed E-state index contributed by atoms with van der Waals surface area (Å²) in [5.74, 6) is 0.0919. The van der Waals surface area contributed by atoms with Gasteiger partial charge < -0.3 is 10.6 Å². The molecule has 0 heterocycles. The van der Waals surface area contributed by atoms with Crippen molar-refractivity contribution in [2.75, 3.05) is 6.54 Å². The first kappa shape index (κ1) is 16.7. The number of carbonyl (C=O) groups is 1. The van der Waals surface area contributed by atoms with E-state index in [-0.39, 0.29) is 11.9 Å². The Hall–Kier alpha value is -1.35. The molecule has 0 spiro atoms. The van der Waals surface area contributed by atoms with Gasteiger partial charge in [0.25, 0.3) is 0 Å². The molecule has 1 amide bonds.